The molecule has 0 radical (unpaired) electrons. The van der Waals surface area contributed by atoms with Gasteiger partial charge in [0.05, 0.1) is 6.54 Å². The molecule has 0 unspecified atom stereocenters. The summed E-state index contributed by atoms with van der Waals surface area (Å²) in [4.78, 5) is 12.6. The van der Waals surface area contributed by atoms with Crippen LogP contribution in [-0.2, 0) is 0 Å². The molecule has 1 saturated heterocycles. The monoisotopic (exact) mass is 263 g/mol. The molecular weight excluding hydrogens is 247 g/mol. The smallest absolute Gasteiger partial charge is 0.337 e. The van der Waals surface area contributed by atoms with Crippen LogP contribution in [-0.4, -0.2) is 49.3 Å². The SMILES string of the molecule is C#CCCNC(=O)N[C@H]1CCN(CC(F)(F)F)C1. The van der Waals surface area contributed by atoms with Crippen molar-refractivity contribution in [3.05, 3.63) is 0 Å². The molecule has 1 aliphatic rings. The fourth-order valence-corrected chi connectivity index (χ4v) is 1.83. The maximum absolute atomic E-state index is 12.1. The van der Waals surface area contributed by atoms with Crippen LogP contribution in [0.1, 0.15) is 12.8 Å². The van der Waals surface area contributed by atoms with E-state index in [1.165, 1.54) is 4.90 Å². The van der Waals surface area contributed by atoms with E-state index in [2.05, 4.69) is 16.6 Å². The van der Waals surface area contributed by atoms with Crippen LogP contribution in [0.5, 0.6) is 0 Å². The van der Waals surface area contributed by atoms with E-state index in [0.29, 0.717) is 25.9 Å². The molecule has 1 rings (SSSR count). The van der Waals surface area contributed by atoms with Gasteiger partial charge in [-0.2, -0.15) is 13.2 Å². The number of rotatable bonds is 4. The van der Waals surface area contributed by atoms with Crippen molar-refractivity contribution in [1.29, 1.82) is 0 Å². The van der Waals surface area contributed by atoms with Crippen molar-refractivity contribution in [3.8, 4) is 12.3 Å². The van der Waals surface area contributed by atoms with E-state index in [9.17, 15) is 18.0 Å². The highest BCUT2D eigenvalue weighted by Crippen LogP contribution is 2.19. The summed E-state index contributed by atoms with van der Waals surface area (Å²) in [6.07, 6.45) is 1.79. The van der Waals surface area contributed by atoms with Gasteiger partial charge in [0.15, 0.2) is 0 Å². The molecule has 0 aromatic carbocycles. The third-order valence-electron chi connectivity index (χ3n) is 2.57. The summed E-state index contributed by atoms with van der Waals surface area (Å²) in [5.74, 6) is 2.37. The summed E-state index contributed by atoms with van der Waals surface area (Å²) >= 11 is 0. The van der Waals surface area contributed by atoms with Gasteiger partial charge < -0.3 is 10.6 Å². The Morgan fingerprint density at radius 3 is 2.83 bits per heavy atom. The molecule has 7 heteroatoms. The quantitative estimate of drug-likeness (QED) is 0.586. The van der Waals surface area contributed by atoms with Crippen LogP contribution in [0.25, 0.3) is 0 Å². The number of carbonyl (C=O) groups is 1. The largest absolute Gasteiger partial charge is 0.401 e. The molecule has 1 aliphatic heterocycles. The Balaban J connectivity index is 2.22. The van der Waals surface area contributed by atoms with Crippen molar-refractivity contribution in [1.82, 2.24) is 15.5 Å². The van der Waals surface area contributed by atoms with E-state index < -0.39 is 12.7 Å². The number of alkyl halides is 3. The van der Waals surface area contributed by atoms with E-state index in [-0.39, 0.29) is 18.6 Å². The van der Waals surface area contributed by atoms with Gasteiger partial charge in [-0.1, -0.05) is 0 Å². The van der Waals surface area contributed by atoms with Crippen LogP contribution in [0.4, 0.5) is 18.0 Å². The molecule has 1 atom stereocenters. The number of nitrogens with one attached hydrogen (secondary N) is 2. The molecule has 4 nitrogen and oxygen atoms in total. The Hall–Kier alpha value is -1.42. The van der Waals surface area contributed by atoms with Gasteiger partial charge in [0.1, 0.15) is 0 Å². The van der Waals surface area contributed by atoms with E-state index >= 15 is 0 Å². The molecule has 0 bridgehead atoms. The Bertz CT molecular complexity index is 324. The fourth-order valence-electron chi connectivity index (χ4n) is 1.83. The molecule has 2 amide bonds. The Morgan fingerprint density at radius 2 is 2.22 bits per heavy atom. The molecule has 1 heterocycles. The van der Waals surface area contributed by atoms with Gasteiger partial charge in [0.25, 0.3) is 0 Å². The van der Waals surface area contributed by atoms with Gasteiger partial charge in [-0.05, 0) is 6.42 Å². The second kappa shape index (κ2) is 6.50. The Kier molecular flexibility index (Phi) is 5.28. The number of halogens is 3. The minimum Gasteiger partial charge on any atom is -0.337 e. The number of hydrogen-bond acceptors (Lipinski definition) is 2. The average Bonchev–Trinajstić information content (AvgIpc) is 2.63. The molecule has 18 heavy (non-hydrogen) atoms. The second-order valence-corrected chi connectivity index (χ2v) is 4.19. The van der Waals surface area contributed by atoms with Gasteiger partial charge in [0.2, 0.25) is 0 Å². The summed E-state index contributed by atoms with van der Waals surface area (Å²) < 4.78 is 36.4. The zero-order valence-electron chi connectivity index (χ0n) is 9.89. The third kappa shape index (κ3) is 5.77. The molecule has 0 aliphatic carbocycles. The van der Waals surface area contributed by atoms with Crippen molar-refractivity contribution in [2.24, 2.45) is 0 Å². The number of likely N-dealkylation sites (tertiary alicyclic amines) is 1. The number of urea groups is 1. The Labute approximate surface area is 104 Å². The first-order chi connectivity index (χ1) is 8.40. The Morgan fingerprint density at radius 1 is 1.50 bits per heavy atom. The highest BCUT2D eigenvalue weighted by atomic mass is 19.4. The van der Waals surface area contributed by atoms with Crippen LogP contribution >= 0.6 is 0 Å². The third-order valence-corrected chi connectivity index (χ3v) is 2.57. The van der Waals surface area contributed by atoms with E-state index in [0.717, 1.165) is 0 Å². The van der Waals surface area contributed by atoms with Crippen LogP contribution in [0.2, 0.25) is 0 Å². The van der Waals surface area contributed by atoms with Gasteiger partial charge >= 0.3 is 12.2 Å². The van der Waals surface area contributed by atoms with E-state index in [1.54, 1.807) is 0 Å². The molecule has 1 fully saturated rings. The summed E-state index contributed by atoms with van der Waals surface area (Å²) in [5.41, 5.74) is 0. The van der Waals surface area contributed by atoms with E-state index in [4.69, 9.17) is 6.42 Å². The first kappa shape index (κ1) is 14.6. The average molecular weight is 263 g/mol. The number of terminal acetylenes is 1. The lowest BCUT2D eigenvalue weighted by atomic mass is 10.3. The van der Waals surface area contributed by atoms with E-state index in [1.807, 2.05) is 0 Å². The lowest BCUT2D eigenvalue weighted by Gasteiger charge is -2.18. The van der Waals surface area contributed by atoms with Gasteiger partial charge in [-0.3, -0.25) is 4.90 Å². The number of nitrogens with zero attached hydrogens (tertiary/aromatic N) is 1. The zero-order chi connectivity index (χ0) is 13.6. The van der Waals surface area contributed by atoms with Crippen LogP contribution < -0.4 is 10.6 Å². The lowest BCUT2D eigenvalue weighted by Crippen LogP contribution is -2.44. The first-order valence-electron chi connectivity index (χ1n) is 5.67. The summed E-state index contributed by atoms with van der Waals surface area (Å²) in [6, 6.07) is -0.623. The van der Waals surface area contributed by atoms with Crippen molar-refractivity contribution in [2.75, 3.05) is 26.2 Å². The minimum absolute atomic E-state index is 0.224. The number of carbonyl (C=O) groups excluding carboxylic acids is 1. The first-order valence-corrected chi connectivity index (χ1v) is 5.67. The maximum atomic E-state index is 12.1. The molecule has 0 aromatic rings. The van der Waals surface area contributed by atoms with Crippen molar-refractivity contribution in [2.45, 2.75) is 25.1 Å². The number of hydrogen-bond donors (Lipinski definition) is 2. The topological polar surface area (TPSA) is 44.4 Å². The van der Waals surface area contributed by atoms with Gasteiger partial charge in [-0.25, -0.2) is 4.79 Å². The molecule has 0 spiro atoms. The van der Waals surface area contributed by atoms with Crippen molar-refractivity contribution < 1.29 is 18.0 Å². The van der Waals surface area contributed by atoms with Crippen molar-refractivity contribution >= 4 is 6.03 Å². The maximum Gasteiger partial charge on any atom is 0.401 e. The molecule has 102 valence electrons. The molecular formula is C11H16F3N3O. The normalized spacial score (nSPS) is 20.4. The summed E-state index contributed by atoms with van der Waals surface area (Å²) in [7, 11) is 0. The predicted octanol–water partition coefficient (Wildman–Crippen LogP) is 0.946. The van der Waals surface area contributed by atoms with Crippen LogP contribution in [0, 0.1) is 12.3 Å². The molecule has 2 N–H and O–H groups in total. The molecule has 0 saturated carbocycles. The summed E-state index contributed by atoms with van der Waals surface area (Å²) in [5, 5.41) is 5.17. The van der Waals surface area contributed by atoms with Crippen LogP contribution in [0.15, 0.2) is 0 Å². The minimum atomic E-state index is -4.19. The predicted molar refractivity (Wildman–Crippen MR) is 60.9 cm³/mol. The highest BCUT2D eigenvalue weighted by Gasteiger charge is 2.34. The fraction of sp³-hybridized carbons (Fsp3) is 0.727. The lowest BCUT2D eigenvalue weighted by molar-refractivity contribution is -0.143. The summed E-state index contributed by atoms with van der Waals surface area (Å²) in [6.45, 7) is 0.00208. The molecule has 0 aromatic heterocycles. The number of amides is 2. The van der Waals surface area contributed by atoms with Crippen molar-refractivity contribution in [3.63, 3.8) is 0 Å². The van der Waals surface area contributed by atoms with Gasteiger partial charge in [-0.15, -0.1) is 12.3 Å². The van der Waals surface area contributed by atoms with Gasteiger partial charge in [0, 0.05) is 32.1 Å². The van der Waals surface area contributed by atoms with Crippen LogP contribution in [0.3, 0.4) is 0 Å². The second-order valence-electron chi connectivity index (χ2n) is 4.19. The highest BCUT2D eigenvalue weighted by molar-refractivity contribution is 5.74. The zero-order valence-corrected chi connectivity index (χ0v) is 9.89. The standard InChI is InChI=1S/C11H16F3N3O/c1-2-3-5-15-10(18)16-9-4-6-17(7-9)8-11(12,13)14/h1,9H,3-8H2,(H2,15,16,18)/t9-/m0/s1.